The average Bonchev–Trinajstić information content (AvgIpc) is 3.11. The minimum absolute atomic E-state index is 0.196. The number of methoxy groups -OCH3 is 4. The van der Waals surface area contributed by atoms with E-state index in [0.29, 0.717) is 46.2 Å². The normalized spacial score (nSPS) is 14.1. The van der Waals surface area contributed by atoms with Gasteiger partial charge in [-0.25, -0.2) is 0 Å². The Labute approximate surface area is 208 Å². The molecule has 7 nitrogen and oxygen atoms in total. The van der Waals surface area contributed by atoms with Crippen LogP contribution in [0.3, 0.4) is 0 Å². The minimum Gasteiger partial charge on any atom is -0.493 e. The molecule has 0 fully saturated rings. The zero-order valence-corrected chi connectivity index (χ0v) is 20.7. The number of hydrogen-bond acceptors (Lipinski definition) is 6. The molecule has 0 spiro atoms. The Balaban J connectivity index is 1.93. The first kappa shape index (κ1) is 24.4. The summed E-state index contributed by atoms with van der Waals surface area (Å²) in [6, 6.07) is 13.1. The number of hydrogen-bond donors (Lipinski definition) is 1. The van der Waals surface area contributed by atoms with Crippen molar-refractivity contribution in [1.29, 1.82) is 0 Å². The van der Waals surface area contributed by atoms with Gasteiger partial charge in [0.25, 0.3) is 5.91 Å². The van der Waals surface area contributed by atoms with E-state index in [9.17, 15) is 9.59 Å². The van der Waals surface area contributed by atoms with Gasteiger partial charge in [0.1, 0.15) is 0 Å². The lowest BCUT2D eigenvalue weighted by Crippen LogP contribution is -2.29. The Morgan fingerprint density at radius 1 is 0.886 bits per heavy atom. The number of ether oxygens (including phenoxy) is 4. The van der Waals surface area contributed by atoms with Crippen molar-refractivity contribution in [2.24, 2.45) is 0 Å². The average molecular weight is 496 g/mol. The van der Waals surface area contributed by atoms with Crippen LogP contribution in [0.5, 0.6) is 23.0 Å². The van der Waals surface area contributed by atoms with Gasteiger partial charge < -0.3 is 24.3 Å². The second-order valence-electron chi connectivity index (χ2n) is 8.03. The van der Waals surface area contributed by atoms with E-state index in [4.69, 9.17) is 30.5 Å². The molecule has 3 aromatic carbocycles. The number of carbonyl (C=O) groups excluding carboxylic acids is 1. The second kappa shape index (κ2) is 10.3. The highest BCUT2D eigenvalue weighted by atomic mass is 35.5. The Kier molecular flexibility index (Phi) is 7.17. The van der Waals surface area contributed by atoms with Crippen molar-refractivity contribution in [2.75, 3.05) is 28.4 Å². The predicted octanol–water partition coefficient (Wildman–Crippen LogP) is 4.82. The minimum atomic E-state index is -0.452. The summed E-state index contributed by atoms with van der Waals surface area (Å²) in [4.78, 5) is 26.0. The summed E-state index contributed by atoms with van der Waals surface area (Å²) < 4.78 is 22.2. The van der Waals surface area contributed by atoms with Crippen LogP contribution in [-0.4, -0.2) is 34.3 Å². The van der Waals surface area contributed by atoms with E-state index < -0.39 is 6.04 Å². The van der Waals surface area contributed by atoms with E-state index >= 15 is 0 Å². The number of rotatable bonds is 6. The monoisotopic (exact) mass is 495 g/mol. The molecule has 1 aliphatic carbocycles. The van der Waals surface area contributed by atoms with E-state index in [0.717, 1.165) is 16.7 Å². The van der Waals surface area contributed by atoms with Crippen molar-refractivity contribution in [3.63, 3.8) is 0 Å². The summed E-state index contributed by atoms with van der Waals surface area (Å²) in [5, 5.41) is 3.64. The van der Waals surface area contributed by atoms with Gasteiger partial charge in [0.2, 0.25) is 11.2 Å². The molecule has 1 N–H and O–H groups in total. The van der Waals surface area contributed by atoms with Crippen LogP contribution in [0.2, 0.25) is 5.02 Å². The largest absolute Gasteiger partial charge is 0.493 e. The zero-order chi connectivity index (χ0) is 25.1. The molecule has 0 aromatic heterocycles. The third kappa shape index (κ3) is 4.64. The standard InChI is InChI=1S/C27H26ClNO6/c1-32-22-12-10-18-19(14-21(22)30)20(29-27(31)15-5-8-17(28)9-6-15)11-7-16-13-23(33-2)25(34-3)26(35-4)24(16)18/h5-6,8-10,12-14,20H,7,11H2,1-4H3,(H,29,31)/t20-/m0/s1. The van der Waals surface area contributed by atoms with Gasteiger partial charge in [-0.2, -0.15) is 0 Å². The summed E-state index contributed by atoms with van der Waals surface area (Å²) >= 11 is 5.98. The molecule has 8 heteroatoms. The van der Waals surface area contributed by atoms with E-state index in [1.807, 2.05) is 12.1 Å². The number of carbonyl (C=O) groups is 1. The van der Waals surface area contributed by atoms with Crippen LogP contribution in [0.15, 0.2) is 53.3 Å². The Bertz CT molecular complexity index is 1320. The zero-order valence-electron chi connectivity index (χ0n) is 19.9. The van der Waals surface area contributed by atoms with Gasteiger partial charge in [0, 0.05) is 16.1 Å². The predicted molar refractivity (Wildman–Crippen MR) is 134 cm³/mol. The summed E-state index contributed by atoms with van der Waals surface area (Å²) in [5.74, 6) is 1.41. The smallest absolute Gasteiger partial charge is 0.251 e. The molecule has 0 radical (unpaired) electrons. The van der Waals surface area contributed by atoms with E-state index in [-0.39, 0.29) is 17.1 Å². The molecule has 0 saturated carbocycles. The highest BCUT2D eigenvalue weighted by Gasteiger charge is 2.30. The lowest BCUT2D eigenvalue weighted by molar-refractivity contribution is 0.0935. The Morgan fingerprint density at radius 2 is 1.57 bits per heavy atom. The van der Waals surface area contributed by atoms with Gasteiger partial charge in [-0.1, -0.05) is 17.7 Å². The fraction of sp³-hybridized carbons (Fsp3) is 0.259. The molecular weight excluding hydrogens is 470 g/mol. The van der Waals surface area contributed by atoms with Gasteiger partial charge >= 0.3 is 0 Å². The lowest BCUT2D eigenvalue weighted by atomic mass is 9.95. The van der Waals surface area contributed by atoms with Gasteiger partial charge in [-0.3, -0.25) is 9.59 Å². The fourth-order valence-electron chi connectivity index (χ4n) is 4.46. The van der Waals surface area contributed by atoms with Crippen LogP contribution in [0, 0.1) is 0 Å². The van der Waals surface area contributed by atoms with Crippen LogP contribution in [0.4, 0.5) is 0 Å². The molecule has 0 aliphatic heterocycles. The van der Waals surface area contributed by atoms with E-state index in [2.05, 4.69) is 5.32 Å². The fourth-order valence-corrected chi connectivity index (χ4v) is 4.59. The van der Waals surface area contributed by atoms with Crippen LogP contribution >= 0.6 is 11.6 Å². The van der Waals surface area contributed by atoms with Crippen LogP contribution in [-0.2, 0) is 6.42 Å². The van der Waals surface area contributed by atoms with Crippen molar-refractivity contribution in [3.8, 4) is 34.1 Å². The van der Waals surface area contributed by atoms with Gasteiger partial charge in [-0.15, -0.1) is 0 Å². The number of halogens is 1. The molecule has 0 saturated heterocycles. The number of nitrogens with one attached hydrogen (secondary N) is 1. The van der Waals surface area contributed by atoms with Crippen molar-refractivity contribution >= 4 is 17.5 Å². The molecule has 1 amide bonds. The molecule has 1 atom stereocenters. The van der Waals surface area contributed by atoms with Crippen LogP contribution in [0.1, 0.15) is 33.9 Å². The van der Waals surface area contributed by atoms with Crippen LogP contribution < -0.4 is 29.7 Å². The summed E-state index contributed by atoms with van der Waals surface area (Å²) in [7, 11) is 6.12. The van der Waals surface area contributed by atoms with Crippen molar-refractivity contribution in [3.05, 3.63) is 80.5 Å². The van der Waals surface area contributed by atoms with Gasteiger partial charge in [0.05, 0.1) is 34.5 Å². The maximum atomic E-state index is 13.1. The Morgan fingerprint density at radius 3 is 2.20 bits per heavy atom. The maximum absolute atomic E-state index is 13.1. The molecular formula is C27H26ClNO6. The number of aryl methyl sites for hydroxylation is 1. The SMILES string of the molecule is COc1cc2c(c(OC)c1OC)-c1ccc(OC)c(=O)cc1[C@@H](NC(=O)c1ccc(Cl)cc1)CC2. The first-order valence-corrected chi connectivity index (χ1v) is 11.4. The Hall–Kier alpha value is -3.71. The highest BCUT2D eigenvalue weighted by molar-refractivity contribution is 6.30. The third-order valence-corrected chi connectivity index (χ3v) is 6.38. The van der Waals surface area contributed by atoms with E-state index in [1.54, 1.807) is 51.7 Å². The summed E-state index contributed by atoms with van der Waals surface area (Å²) in [6.45, 7) is 0. The van der Waals surface area contributed by atoms with Crippen molar-refractivity contribution in [1.82, 2.24) is 5.32 Å². The quantitative estimate of drug-likeness (QED) is 0.528. The molecule has 3 aromatic rings. The number of amides is 1. The van der Waals surface area contributed by atoms with E-state index in [1.165, 1.54) is 13.2 Å². The highest BCUT2D eigenvalue weighted by Crippen LogP contribution is 2.50. The molecule has 35 heavy (non-hydrogen) atoms. The van der Waals surface area contributed by atoms with Gasteiger partial charge in [-0.05, 0) is 72.0 Å². The molecule has 182 valence electrons. The first-order valence-electron chi connectivity index (χ1n) is 11.0. The first-order chi connectivity index (χ1) is 16.9. The summed E-state index contributed by atoms with van der Waals surface area (Å²) in [6.07, 6.45) is 1.14. The second-order valence-corrected chi connectivity index (χ2v) is 8.47. The maximum Gasteiger partial charge on any atom is 0.251 e. The third-order valence-electron chi connectivity index (χ3n) is 6.13. The summed E-state index contributed by atoms with van der Waals surface area (Å²) in [5.41, 5.74) is 3.30. The molecule has 0 bridgehead atoms. The van der Waals surface area contributed by atoms with Crippen molar-refractivity contribution in [2.45, 2.75) is 18.9 Å². The van der Waals surface area contributed by atoms with Gasteiger partial charge in [0.15, 0.2) is 17.2 Å². The topological polar surface area (TPSA) is 83.1 Å². The molecule has 1 aliphatic rings. The number of benzene rings is 2. The van der Waals surface area contributed by atoms with Crippen molar-refractivity contribution < 1.29 is 23.7 Å². The number of fused-ring (bicyclic) bond motifs is 3. The molecule has 0 heterocycles. The van der Waals surface area contributed by atoms with Crippen LogP contribution in [0.25, 0.3) is 11.1 Å². The lowest BCUT2D eigenvalue weighted by Gasteiger charge is -2.20. The molecule has 4 rings (SSSR count). The molecule has 0 unspecified atom stereocenters.